The Bertz CT molecular complexity index is 380. The summed E-state index contributed by atoms with van der Waals surface area (Å²) in [5.74, 6) is 1.16. The number of nitrogens with zero attached hydrogens (tertiary/aromatic N) is 1. The normalized spacial score (nSPS) is 18.1. The van der Waals surface area contributed by atoms with Gasteiger partial charge in [0, 0.05) is 12.6 Å². The van der Waals surface area contributed by atoms with Gasteiger partial charge in [0.25, 0.3) is 0 Å². The van der Waals surface area contributed by atoms with E-state index in [4.69, 9.17) is 0 Å². The highest BCUT2D eigenvalue weighted by molar-refractivity contribution is 5.85. The van der Waals surface area contributed by atoms with Crippen LogP contribution in [0.3, 0.4) is 0 Å². The molecule has 1 aromatic carbocycles. The van der Waals surface area contributed by atoms with Gasteiger partial charge < -0.3 is 10.4 Å². The molecule has 0 bridgehead atoms. The van der Waals surface area contributed by atoms with Gasteiger partial charge in [-0.1, -0.05) is 12.1 Å². The highest BCUT2D eigenvalue weighted by Crippen LogP contribution is 2.24. The van der Waals surface area contributed by atoms with Crippen LogP contribution in [0, 0.1) is 5.92 Å². The van der Waals surface area contributed by atoms with Crippen molar-refractivity contribution in [2.45, 2.75) is 25.8 Å². The van der Waals surface area contributed by atoms with E-state index >= 15 is 0 Å². The fraction of sp³-hybridized carbons (Fsp3) is 0.600. The Morgan fingerprint density at radius 3 is 2.68 bits per heavy atom. The van der Waals surface area contributed by atoms with E-state index in [1.807, 2.05) is 12.1 Å². The molecule has 1 unspecified atom stereocenters. The maximum Gasteiger partial charge on any atom is 0.115 e. The van der Waals surface area contributed by atoms with E-state index in [0.29, 0.717) is 11.8 Å². The Morgan fingerprint density at radius 1 is 1.37 bits per heavy atom. The molecule has 2 rings (SSSR count). The summed E-state index contributed by atoms with van der Waals surface area (Å²) >= 11 is 0. The van der Waals surface area contributed by atoms with Crippen molar-refractivity contribution < 1.29 is 5.11 Å². The number of nitrogens with one attached hydrogen (secondary N) is 1. The third-order valence-corrected chi connectivity index (χ3v) is 4.02. The molecule has 0 amide bonds. The Balaban J connectivity index is 0.00000180. The Morgan fingerprint density at radius 2 is 2.05 bits per heavy atom. The van der Waals surface area contributed by atoms with Crippen LogP contribution < -0.4 is 5.32 Å². The molecule has 1 saturated heterocycles. The fourth-order valence-electron chi connectivity index (χ4n) is 2.67. The lowest BCUT2D eigenvalue weighted by Gasteiger charge is -2.31. The summed E-state index contributed by atoms with van der Waals surface area (Å²) < 4.78 is 0. The maximum absolute atomic E-state index is 9.54. The van der Waals surface area contributed by atoms with E-state index in [2.05, 4.69) is 30.3 Å². The number of halogens is 1. The van der Waals surface area contributed by atoms with E-state index in [1.54, 1.807) is 6.07 Å². The van der Waals surface area contributed by atoms with Crippen molar-refractivity contribution in [2.24, 2.45) is 5.92 Å². The molecule has 1 atom stereocenters. The summed E-state index contributed by atoms with van der Waals surface area (Å²) in [6, 6.07) is 7.95. The van der Waals surface area contributed by atoms with Gasteiger partial charge in [-0.15, -0.1) is 12.4 Å². The number of piperidine rings is 1. The van der Waals surface area contributed by atoms with Gasteiger partial charge in [0.05, 0.1) is 0 Å². The van der Waals surface area contributed by atoms with Crippen molar-refractivity contribution in [1.82, 2.24) is 10.2 Å². The topological polar surface area (TPSA) is 35.5 Å². The number of phenols is 1. The molecule has 1 fully saturated rings. The van der Waals surface area contributed by atoms with E-state index < -0.39 is 0 Å². The molecule has 108 valence electrons. The smallest absolute Gasteiger partial charge is 0.115 e. The first-order chi connectivity index (χ1) is 8.66. The molecule has 2 N–H and O–H groups in total. The first kappa shape index (κ1) is 16.3. The summed E-state index contributed by atoms with van der Waals surface area (Å²) in [5.41, 5.74) is 1.19. The lowest BCUT2D eigenvalue weighted by Crippen LogP contribution is -2.35. The van der Waals surface area contributed by atoms with Gasteiger partial charge in [0.1, 0.15) is 5.75 Å². The second kappa shape index (κ2) is 7.73. The molecule has 0 radical (unpaired) electrons. The SMILES string of the molecule is CC(c1cccc(O)c1)N(C)CC1CCNCC1.Cl. The van der Waals surface area contributed by atoms with Crippen LogP contribution in [0.5, 0.6) is 5.75 Å². The maximum atomic E-state index is 9.54. The average Bonchev–Trinajstić information content (AvgIpc) is 2.39. The number of hydrogen-bond donors (Lipinski definition) is 2. The Hall–Kier alpha value is -0.770. The molecular weight excluding hydrogens is 260 g/mol. The molecule has 1 aromatic rings. The van der Waals surface area contributed by atoms with E-state index in [0.717, 1.165) is 25.6 Å². The zero-order chi connectivity index (χ0) is 13.0. The van der Waals surface area contributed by atoms with E-state index in [9.17, 15) is 5.11 Å². The zero-order valence-electron chi connectivity index (χ0n) is 11.8. The van der Waals surface area contributed by atoms with Crippen LogP contribution in [-0.2, 0) is 0 Å². The third-order valence-electron chi connectivity index (χ3n) is 4.02. The first-order valence-electron chi connectivity index (χ1n) is 6.86. The number of rotatable bonds is 4. The predicted octanol–water partition coefficient (Wildman–Crippen LogP) is 2.81. The second-order valence-electron chi connectivity index (χ2n) is 5.40. The third kappa shape index (κ3) is 4.68. The molecule has 3 nitrogen and oxygen atoms in total. The zero-order valence-corrected chi connectivity index (χ0v) is 12.6. The summed E-state index contributed by atoms with van der Waals surface area (Å²) in [7, 11) is 2.18. The van der Waals surface area contributed by atoms with E-state index in [1.165, 1.54) is 18.4 Å². The van der Waals surface area contributed by atoms with Gasteiger partial charge in [0.15, 0.2) is 0 Å². The largest absolute Gasteiger partial charge is 0.508 e. The summed E-state index contributed by atoms with van der Waals surface area (Å²) in [5, 5.41) is 12.9. The van der Waals surface area contributed by atoms with Crippen LogP contribution in [0.15, 0.2) is 24.3 Å². The van der Waals surface area contributed by atoms with Gasteiger partial charge in [-0.3, -0.25) is 4.90 Å². The highest BCUT2D eigenvalue weighted by Gasteiger charge is 2.18. The fourth-order valence-corrected chi connectivity index (χ4v) is 2.67. The lowest BCUT2D eigenvalue weighted by atomic mass is 9.96. The minimum absolute atomic E-state index is 0. The van der Waals surface area contributed by atoms with Crippen molar-refractivity contribution in [1.29, 1.82) is 0 Å². The van der Waals surface area contributed by atoms with E-state index in [-0.39, 0.29) is 12.4 Å². The minimum Gasteiger partial charge on any atom is -0.508 e. The number of phenolic OH excluding ortho intramolecular Hbond substituents is 1. The van der Waals surface area contributed by atoms with Gasteiger partial charge in [-0.2, -0.15) is 0 Å². The molecule has 19 heavy (non-hydrogen) atoms. The molecule has 1 aliphatic rings. The van der Waals surface area contributed by atoms with Crippen LogP contribution in [0.25, 0.3) is 0 Å². The number of benzene rings is 1. The predicted molar refractivity (Wildman–Crippen MR) is 82.0 cm³/mol. The molecule has 0 aliphatic carbocycles. The van der Waals surface area contributed by atoms with Crippen LogP contribution in [0.4, 0.5) is 0 Å². The Kier molecular flexibility index (Phi) is 6.63. The number of hydrogen-bond acceptors (Lipinski definition) is 3. The van der Waals surface area contributed by atoms with Crippen LogP contribution in [0.2, 0.25) is 0 Å². The standard InChI is InChI=1S/C15H24N2O.ClH/c1-12(14-4-3-5-15(18)10-14)17(2)11-13-6-8-16-9-7-13;/h3-5,10,12-13,16,18H,6-9,11H2,1-2H3;1H. The van der Waals surface area contributed by atoms with Gasteiger partial charge in [-0.05, 0) is 63.5 Å². The Labute approximate surface area is 122 Å². The summed E-state index contributed by atoms with van der Waals surface area (Å²) in [4.78, 5) is 2.39. The second-order valence-corrected chi connectivity index (χ2v) is 5.40. The number of aromatic hydroxyl groups is 1. The average molecular weight is 285 g/mol. The molecule has 0 saturated carbocycles. The van der Waals surface area contributed by atoms with Crippen LogP contribution in [0.1, 0.15) is 31.4 Å². The molecular formula is C15H25ClN2O. The quantitative estimate of drug-likeness (QED) is 0.892. The molecule has 0 spiro atoms. The minimum atomic E-state index is 0. The van der Waals surface area contributed by atoms with Crippen molar-refractivity contribution >= 4 is 12.4 Å². The van der Waals surface area contributed by atoms with Crippen LogP contribution >= 0.6 is 12.4 Å². The molecule has 0 aromatic heterocycles. The monoisotopic (exact) mass is 284 g/mol. The van der Waals surface area contributed by atoms with Gasteiger partial charge in [0.2, 0.25) is 0 Å². The molecule has 4 heteroatoms. The highest BCUT2D eigenvalue weighted by atomic mass is 35.5. The van der Waals surface area contributed by atoms with Crippen molar-refractivity contribution in [2.75, 3.05) is 26.7 Å². The van der Waals surface area contributed by atoms with Crippen molar-refractivity contribution in [3.63, 3.8) is 0 Å². The van der Waals surface area contributed by atoms with Crippen molar-refractivity contribution in [3.8, 4) is 5.75 Å². The lowest BCUT2D eigenvalue weighted by molar-refractivity contribution is 0.196. The first-order valence-corrected chi connectivity index (χ1v) is 6.86. The van der Waals surface area contributed by atoms with Crippen molar-refractivity contribution in [3.05, 3.63) is 29.8 Å². The van der Waals surface area contributed by atoms with Gasteiger partial charge in [-0.25, -0.2) is 0 Å². The van der Waals surface area contributed by atoms with Crippen LogP contribution in [-0.4, -0.2) is 36.7 Å². The van der Waals surface area contributed by atoms with Gasteiger partial charge >= 0.3 is 0 Å². The molecule has 1 heterocycles. The summed E-state index contributed by atoms with van der Waals surface area (Å²) in [6.45, 7) is 5.65. The summed E-state index contributed by atoms with van der Waals surface area (Å²) in [6.07, 6.45) is 2.55. The molecule has 1 aliphatic heterocycles.